The van der Waals surface area contributed by atoms with Crippen molar-refractivity contribution < 1.29 is 176 Å². The summed E-state index contributed by atoms with van der Waals surface area (Å²) < 4.78 is 525. The van der Waals surface area contributed by atoms with Crippen LogP contribution in [0.2, 0.25) is 0 Å². The first-order chi connectivity index (χ1) is 46.8. The Morgan fingerprint density at radius 2 is 0.198 bits per heavy atom. The first-order valence-corrected chi connectivity index (χ1v) is 26.6. The van der Waals surface area contributed by atoms with Crippen molar-refractivity contribution in [3.8, 4) is 44.5 Å². The second-order valence-electron chi connectivity index (χ2n) is 19.5. The van der Waals surface area contributed by atoms with Crippen molar-refractivity contribution in [3.63, 3.8) is 0 Å². The molecule has 0 unspecified atom stereocenters. The number of nitrogens with zero attached hydrogens (tertiary/aromatic N) is 1. The third kappa shape index (κ3) is 16.2. The van der Waals surface area contributed by atoms with E-state index < -0.39 is 277 Å². The van der Waals surface area contributed by atoms with Gasteiger partial charge in [0.15, 0.2) is 186 Å². The van der Waals surface area contributed by atoms with Crippen LogP contribution in [0, 0.1) is 233 Å². The zero-order valence-electron chi connectivity index (χ0n) is 48.9. The van der Waals surface area contributed by atoms with E-state index in [1.54, 1.807) is 0 Å². The summed E-state index contributed by atoms with van der Waals surface area (Å²) in [6.07, 6.45) is 8.09. The smallest absolute Gasteiger partial charge is 0.200 e. The molecule has 0 aliphatic heterocycles. The number of unbranched alkanes of at least 4 members (excludes halogenated alkanes) is 3. The summed E-state index contributed by atoms with van der Waals surface area (Å²) >= 11 is 0. The monoisotopic (exact) mass is 1520 g/mol. The van der Waals surface area contributed by atoms with Gasteiger partial charge in [-0.1, -0.05) is 40.0 Å². The number of halogens is 40. The zero-order chi connectivity index (χ0) is 77.7. The standard InChI is InChI=1S/4C12F10.C12H27N/c4*13-3-1(4(14)8(18)11(21)7(3)17)2-5(15)9(19)12(22)10(20)6(2)16;1-4-7-10-13(11-8-5-2)12-9-6-3/h;;;;4-12H2,1-3H3. The van der Waals surface area contributed by atoms with Crippen molar-refractivity contribution in [1.29, 1.82) is 0 Å². The van der Waals surface area contributed by atoms with E-state index in [0.717, 1.165) is 0 Å². The highest BCUT2D eigenvalue weighted by Gasteiger charge is 2.39. The Balaban J connectivity index is 0.000000271. The van der Waals surface area contributed by atoms with Gasteiger partial charge in [0.2, 0.25) is 46.5 Å². The molecule has 0 radical (unpaired) electrons. The fourth-order valence-corrected chi connectivity index (χ4v) is 8.08. The van der Waals surface area contributed by atoms with Crippen LogP contribution in [0.25, 0.3) is 44.5 Å². The van der Waals surface area contributed by atoms with E-state index in [1.165, 1.54) is 58.2 Å². The van der Waals surface area contributed by atoms with Crippen molar-refractivity contribution in [1.82, 2.24) is 4.90 Å². The van der Waals surface area contributed by atoms with Gasteiger partial charge in [0, 0.05) is 0 Å². The lowest BCUT2D eigenvalue weighted by Crippen LogP contribution is -2.27. The minimum atomic E-state index is -2.68. The van der Waals surface area contributed by atoms with Crippen LogP contribution >= 0.6 is 0 Å². The highest BCUT2D eigenvalue weighted by atomic mass is 19.2. The van der Waals surface area contributed by atoms with Crippen molar-refractivity contribution >= 4 is 0 Å². The van der Waals surface area contributed by atoms with Gasteiger partial charge in [0.1, 0.15) is 0 Å². The van der Waals surface area contributed by atoms with Crippen LogP contribution in [0.15, 0.2) is 0 Å². The van der Waals surface area contributed by atoms with E-state index in [-0.39, 0.29) is 0 Å². The van der Waals surface area contributed by atoms with Crippen molar-refractivity contribution in [2.75, 3.05) is 19.6 Å². The number of benzene rings is 8. The molecule has 0 atom stereocenters. The Morgan fingerprint density at radius 1 is 0.129 bits per heavy atom. The fraction of sp³-hybridized carbons (Fsp3) is 0.200. The van der Waals surface area contributed by atoms with E-state index >= 15 is 0 Å². The minimum Gasteiger partial charge on any atom is -0.303 e. The SMILES string of the molecule is CCCCN(CCCC)CCCC.Fc1c(F)c(F)c(-c2c(F)c(F)c(F)c(F)c2F)c(F)c1F.Fc1c(F)c(F)c(-c2c(F)c(F)c(F)c(F)c2F)c(F)c1F.Fc1c(F)c(F)c(-c2c(F)c(F)c(F)c(F)c2F)c(F)c1F.Fc1c(F)c(F)c(-c2c(F)c(F)c(F)c(F)c2F)c(F)c1F. The molecule has 0 saturated heterocycles. The van der Waals surface area contributed by atoms with Crippen LogP contribution in [-0.4, -0.2) is 24.5 Å². The third-order valence-electron chi connectivity index (χ3n) is 13.2. The maximum absolute atomic E-state index is 13.4. The molecular weight excluding hydrogens is 1490 g/mol. The van der Waals surface area contributed by atoms with Crippen LogP contribution in [-0.2, 0) is 0 Å². The van der Waals surface area contributed by atoms with Crippen LogP contribution in [0.1, 0.15) is 59.3 Å². The topological polar surface area (TPSA) is 3.24 Å². The molecule has 0 amide bonds. The predicted molar refractivity (Wildman–Crippen MR) is 267 cm³/mol. The van der Waals surface area contributed by atoms with Crippen LogP contribution in [0.4, 0.5) is 176 Å². The van der Waals surface area contributed by atoms with Crippen molar-refractivity contribution in [2.24, 2.45) is 0 Å². The molecule has 0 fully saturated rings. The number of hydrogen-bond acceptors (Lipinski definition) is 1. The molecule has 0 N–H and O–H groups in total. The number of hydrogen-bond donors (Lipinski definition) is 0. The summed E-state index contributed by atoms with van der Waals surface area (Å²) in [5.41, 5.74) is -18.1. The Hall–Kier alpha value is -9.08. The molecule has 0 saturated carbocycles. The van der Waals surface area contributed by atoms with Gasteiger partial charge >= 0.3 is 0 Å². The molecule has 101 heavy (non-hydrogen) atoms. The lowest BCUT2D eigenvalue weighted by Gasteiger charge is -2.21. The lowest BCUT2D eigenvalue weighted by atomic mass is 10.0. The van der Waals surface area contributed by atoms with Gasteiger partial charge in [0.05, 0.1) is 44.5 Å². The maximum Gasteiger partial charge on any atom is 0.200 e. The molecule has 0 aliphatic rings. The van der Waals surface area contributed by atoms with E-state index in [0.29, 0.717) is 0 Å². The molecular formula is C60H27F40N. The Kier molecular flexibility index (Phi) is 28.4. The van der Waals surface area contributed by atoms with Crippen molar-refractivity contribution in [2.45, 2.75) is 59.3 Å². The third-order valence-corrected chi connectivity index (χ3v) is 13.2. The largest absolute Gasteiger partial charge is 0.303 e. The normalized spacial score (nSPS) is 11.2. The maximum atomic E-state index is 13.4. The van der Waals surface area contributed by atoms with Crippen LogP contribution in [0.3, 0.4) is 0 Å². The first-order valence-electron chi connectivity index (χ1n) is 26.6. The Bertz CT molecular complexity index is 3450. The van der Waals surface area contributed by atoms with Gasteiger partial charge < -0.3 is 4.90 Å². The van der Waals surface area contributed by atoms with Gasteiger partial charge in [0.25, 0.3) is 0 Å². The molecule has 0 aliphatic carbocycles. The summed E-state index contributed by atoms with van der Waals surface area (Å²) in [5.74, 6) is -107. The quantitative estimate of drug-likeness (QED) is 0.0632. The predicted octanol–water partition coefficient (Wildman–Crippen LogP) is 22.7. The molecule has 0 spiro atoms. The summed E-state index contributed by atoms with van der Waals surface area (Å²) in [6.45, 7) is 10.8. The summed E-state index contributed by atoms with van der Waals surface area (Å²) in [5, 5.41) is 0. The van der Waals surface area contributed by atoms with E-state index in [2.05, 4.69) is 25.7 Å². The van der Waals surface area contributed by atoms with Crippen molar-refractivity contribution in [3.05, 3.63) is 233 Å². The first kappa shape index (κ1) is 84.3. The second-order valence-corrected chi connectivity index (χ2v) is 19.5. The average molecular weight is 1520 g/mol. The van der Waals surface area contributed by atoms with Gasteiger partial charge in [-0.3, -0.25) is 0 Å². The molecule has 1 nitrogen and oxygen atoms in total. The summed E-state index contributed by atoms with van der Waals surface area (Å²) in [4.78, 5) is 2.64. The lowest BCUT2D eigenvalue weighted by molar-refractivity contribution is 0.261. The zero-order valence-corrected chi connectivity index (χ0v) is 48.9. The number of rotatable bonds is 13. The molecule has 0 bridgehead atoms. The highest BCUT2D eigenvalue weighted by molar-refractivity contribution is 5.70. The van der Waals surface area contributed by atoms with Crippen LogP contribution < -0.4 is 0 Å². The summed E-state index contributed by atoms with van der Waals surface area (Å²) in [7, 11) is 0. The molecule has 41 heteroatoms. The van der Waals surface area contributed by atoms with E-state index in [9.17, 15) is 176 Å². The Labute approximate surface area is 536 Å². The molecule has 0 heterocycles. The highest BCUT2D eigenvalue weighted by Crippen LogP contribution is 2.42. The second kappa shape index (κ2) is 34.1. The van der Waals surface area contributed by atoms with Gasteiger partial charge in [-0.2, -0.15) is 0 Å². The molecule has 552 valence electrons. The Morgan fingerprint density at radius 3 is 0.267 bits per heavy atom. The molecule has 8 aromatic rings. The molecule has 8 aromatic carbocycles. The average Bonchev–Trinajstić information content (AvgIpc) is 0.772. The van der Waals surface area contributed by atoms with Gasteiger partial charge in [-0.05, 0) is 38.9 Å². The molecule has 8 rings (SSSR count). The van der Waals surface area contributed by atoms with Crippen LogP contribution in [0.5, 0.6) is 0 Å². The van der Waals surface area contributed by atoms with Gasteiger partial charge in [-0.15, -0.1) is 0 Å². The molecule has 0 aromatic heterocycles. The van der Waals surface area contributed by atoms with Gasteiger partial charge in [-0.25, -0.2) is 176 Å². The van der Waals surface area contributed by atoms with E-state index in [4.69, 9.17) is 0 Å². The minimum absolute atomic E-state index is 1.32. The fourth-order valence-electron chi connectivity index (χ4n) is 8.08. The summed E-state index contributed by atoms with van der Waals surface area (Å²) in [6, 6.07) is 0. The van der Waals surface area contributed by atoms with E-state index in [1.807, 2.05) is 0 Å².